The summed E-state index contributed by atoms with van der Waals surface area (Å²) in [6.07, 6.45) is 21.2. The molecule has 0 unspecified atom stereocenters. The Kier molecular flexibility index (Phi) is 17.5. The van der Waals surface area contributed by atoms with Gasteiger partial charge < -0.3 is 0 Å². The van der Waals surface area contributed by atoms with Gasteiger partial charge in [0, 0.05) is 25.7 Å². The molecule has 0 aliphatic heterocycles. The fourth-order valence-electron chi connectivity index (χ4n) is 4.87. The van der Waals surface area contributed by atoms with Crippen LogP contribution in [0.5, 0.6) is 0 Å². The SMILES string of the molecule is CCCC#CCc1c(CC#CCCC)c(CCCC)c(CCCC)c(CCCC)c1CCCC. The van der Waals surface area contributed by atoms with Crippen molar-refractivity contribution in [3.63, 3.8) is 0 Å². The highest BCUT2D eigenvalue weighted by Gasteiger charge is 2.22. The molecule has 0 saturated carbocycles. The van der Waals surface area contributed by atoms with Gasteiger partial charge in [-0.1, -0.05) is 79.1 Å². The molecule has 0 aromatic heterocycles. The Morgan fingerprint density at radius 2 is 0.647 bits per heavy atom. The van der Waals surface area contributed by atoms with Crippen LogP contribution in [0.3, 0.4) is 0 Å². The van der Waals surface area contributed by atoms with Crippen LogP contribution in [0.1, 0.15) is 152 Å². The average molecular weight is 463 g/mol. The van der Waals surface area contributed by atoms with E-state index in [9.17, 15) is 0 Å². The normalized spacial score (nSPS) is 10.5. The third-order valence-electron chi connectivity index (χ3n) is 6.84. The molecule has 0 heteroatoms. The average Bonchev–Trinajstić information content (AvgIpc) is 2.85. The molecule has 0 N–H and O–H groups in total. The highest BCUT2D eigenvalue weighted by molar-refractivity contribution is 5.55. The van der Waals surface area contributed by atoms with Crippen molar-refractivity contribution in [3.8, 4) is 23.7 Å². The van der Waals surface area contributed by atoms with Gasteiger partial charge in [-0.05, 0) is 97.6 Å². The molecule has 0 amide bonds. The zero-order chi connectivity index (χ0) is 25.0. The fraction of sp³-hybridized carbons (Fsp3) is 0.706. The van der Waals surface area contributed by atoms with Gasteiger partial charge in [0.1, 0.15) is 0 Å². The number of hydrogen-bond acceptors (Lipinski definition) is 0. The van der Waals surface area contributed by atoms with Crippen LogP contribution >= 0.6 is 0 Å². The lowest BCUT2D eigenvalue weighted by atomic mass is 9.78. The van der Waals surface area contributed by atoms with Crippen LogP contribution in [0, 0.1) is 23.7 Å². The molecule has 0 aliphatic carbocycles. The van der Waals surface area contributed by atoms with Gasteiger partial charge in [-0.2, -0.15) is 0 Å². The lowest BCUT2D eigenvalue weighted by Crippen LogP contribution is -2.14. The number of benzene rings is 1. The minimum absolute atomic E-state index is 0.913. The van der Waals surface area contributed by atoms with Crippen molar-refractivity contribution in [1.29, 1.82) is 0 Å². The summed E-state index contributed by atoms with van der Waals surface area (Å²) in [5.74, 6) is 14.1. The van der Waals surface area contributed by atoms with Crippen LogP contribution in [0.15, 0.2) is 0 Å². The van der Waals surface area contributed by atoms with E-state index in [-0.39, 0.29) is 0 Å². The predicted octanol–water partition coefficient (Wildman–Crippen LogP) is 9.75. The topological polar surface area (TPSA) is 0 Å². The van der Waals surface area contributed by atoms with Crippen molar-refractivity contribution in [3.05, 3.63) is 33.4 Å². The van der Waals surface area contributed by atoms with Gasteiger partial charge in [0.2, 0.25) is 0 Å². The third kappa shape index (κ3) is 10.3. The second-order valence-corrected chi connectivity index (χ2v) is 9.85. The molecule has 1 aromatic rings. The standard InChI is InChI=1S/C34H54/c1-7-13-19-21-27-33-31(25-17-11-5)29(23-15-9-3)30(24-16-10-4)32(26-18-12-6)34(33)28-22-20-14-8-2/h7-18,23-28H2,1-6H3. The molecular weight excluding hydrogens is 408 g/mol. The van der Waals surface area contributed by atoms with Crippen molar-refractivity contribution in [2.24, 2.45) is 0 Å². The molecular formula is C34H54. The molecule has 0 fully saturated rings. The Hall–Kier alpha value is -1.66. The fourth-order valence-corrected chi connectivity index (χ4v) is 4.87. The minimum Gasteiger partial charge on any atom is -0.103 e. The molecule has 1 rings (SSSR count). The van der Waals surface area contributed by atoms with Crippen LogP contribution < -0.4 is 0 Å². The maximum absolute atomic E-state index is 3.59. The molecule has 0 spiro atoms. The van der Waals surface area contributed by atoms with Crippen molar-refractivity contribution < 1.29 is 0 Å². The molecule has 0 aliphatic rings. The van der Waals surface area contributed by atoms with Crippen LogP contribution in [-0.2, 0) is 38.5 Å². The smallest absolute Gasteiger partial charge is 0.0346 e. The maximum atomic E-state index is 3.59. The lowest BCUT2D eigenvalue weighted by molar-refractivity contribution is 0.709. The van der Waals surface area contributed by atoms with Gasteiger partial charge in [0.15, 0.2) is 0 Å². The van der Waals surface area contributed by atoms with E-state index in [4.69, 9.17) is 0 Å². The van der Waals surface area contributed by atoms with Gasteiger partial charge in [0.25, 0.3) is 0 Å². The Morgan fingerprint density at radius 1 is 0.353 bits per heavy atom. The lowest BCUT2D eigenvalue weighted by Gasteiger charge is -2.26. The Morgan fingerprint density at radius 3 is 0.912 bits per heavy atom. The first kappa shape index (κ1) is 30.4. The Balaban J connectivity index is 3.86. The van der Waals surface area contributed by atoms with Crippen molar-refractivity contribution in [2.45, 2.75) is 157 Å². The van der Waals surface area contributed by atoms with E-state index in [1.807, 2.05) is 0 Å². The number of rotatable bonds is 16. The summed E-state index contributed by atoms with van der Waals surface area (Å²) in [7, 11) is 0. The molecule has 190 valence electrons. The van der Waals surface area contributed by atoms with E-state index >= 15 is 0 Å². The first-order valence-electron chi connectivity index (χ1n) is 14.8. The summed E-state index contributed by atoms with van der Waals surface area (Å²) in [5, 5.41) is 0. The molecule has 0 saturated heterocycles. The zero-order valence-corrected chi connectivity index (χ0v) is 23.7. The van der Waals surface area contributed by atoms with Gasteiger partial charge in [-0.25, -0.2) is 0 Å². The quantitative estimate of drug-likeness (QED) is 0.214. The second kappa shape index (κ2) is 19.6. The van der Waals surface area contributed by atoms with Crippen LogP contribution in [0.2, 0.25) is 0 Å². The van der Waals surface area contributed by atoms with Crippen molar-refractivity contribution in [1.82, 2.24) is 0 Å². The monoisotopic (exact) mass is 462 g/mol. The van der Waals surface area contributed by atoms with Gasteiger partial charge >= 0.3 is 0 Å². The molecule has 0 bridgehead atoms. The first-order valence-corrected chi connectivity index (χ1v) is 14.8. The van der Waals surface area contributed by atoms with Gasteiger partial charge in [-0.3, -0.25) is 0 Å². The first-order chi connectivity index (χ1) is 16.7. The van der Waals surface area contributed by atoms with Gasteiger partial charge in [0.05, 0.1) is 0 Å². The second-order valence-electron chi connectivity index (χ2n) is 9.85. The zero-order valence-electron chi connectivity index (χ0n) is 23.7. The molecule has 0 atom stereocenters. The molecule has 0 radical (unpaired) electrons. The summed E-state index contributed by atoms with van der Waals surface area (Å²) < 4.78 is 0. The van der Waals surface area contributed by atoms with E-state index in [1.54, 1.807) is 33.4 Å². The van der Waals surface area contributed by atoms with Gasteiger partial charge in [-0.15, -0.1) is 11.8 Å². The van der Waals surface area contributed by atoms with E-state index in [0.29, 0.717) is 0 Å². The summed E-state index contributed by atoms with van der Waals surface area (Å²) >= 11 is 0. The molecule has 0 heterocycles. The van der Waals surface area contributed by atoms with Crippen molar-refractivity contribution >= 4 is 0 Å². The largest absolute Gasteiger partial charge is 0.103 e. The summed E-state index contributed by atoms with van der Waals surface area (Å²) in [4.78, 5) is 0. The van der Waals surface area contributed by atoms with Crippen LogP contribution in [0.25, 0.3) is 0 Å². The number of unbranched alkanes of at least 4 members (excludes halogenated alkanes) is 6. The summed E-state index contributed by atoms with van der Waals surface area (Å²) in [6.45, 7) is 13.8. The maximum Gasteiger partial charge on any atom is 0.0346 e. The van der Waals surface area contributed by atoms with Crippen LogP contribution in [0.4, 0.5) is 0 Å². The molecule has 1 aromatic carbocycles. The van der Waals surface area contributed by atoms with Crippen molar-refractivity contribution in [2.75, 3.05) is 0 Å². The third-order valence-corrected chi connectivity index (χ3v) is 6.84. The van der Waals surface area contributed by atoms with E-state index in [2.05, 4.69) is 65.2 Å². The Bertz CT molecular complexity index is 734. The Labute approximate surface area is 214 Å². The van der Waals surface area contributed by atoms with E-state index < -0.39 is 0 Å². The molecule has 0 nitrogen and oxygen atoms in total. The van der Waals surface area contributed by atoms with E-state index in [0.717, 1.165) is 38.5 Å². The highest BCUT2D eigenvalue weighted by atomic mass is 14.3. The summed E-state index contributed by atoms with van der Waals surface area (Å²) in [6, 6.07) is 0. The molecule has 34 heavy (non-hydrogen) atoms. The summed E-state index contributed by atoms with van der Waals surface area (Å²) in [5.41, 5.74) is 9.90. The van der Waals surface area contributed by atoms with Crippen LogP contribution in [-0.4, -0.2) is 0 Å². The van der Waals surface area contributed by atoms with E-state index in [1.165, 1.54) is 77.0 Å². The number of hydrogen-bond donors (Lipinski definition) is 0. The highest BCUT2D eigenvalue weighted by Crippen LogP contribution is 2.34. The predicted molar refractivity (Wildman–Crippen MR) is 154 cm³/mol. The minimum atomic E-state index is 0.913.